The summed E-state index contributed by atoms with van der Waals surface area (Å²) in [5.41, 5.74) is -0.937. The highest BCUT2D eigenvalue weighted by Gasteiger charge is 2.34. The summed E-state index contributed by atoms with van der Waals surface area (Å²) in [7, 11) is 0. The normalized spacial score (nSPS) is 16.7. The number of nitro groups is 1. The Morgan fingerprint density at radius 1 is 1.52 bits per heavy atom. The standard InChI is InChI=1S/C13H16ClN3O4/c14-11-10(17(20)21)9(3-6-15-11)12(19)16-7-13(8-18)4-1-2-5-13/h3,6,18H,1-2,4-5,7-8H2,(H,16,19). The second kappa shape index (κ2) is 6.36. The van der Waals surface area contributed by atoms with E-state index in [2.05, 4.69) is 10.3 Å². The molecule has 0 radical (unpaired) electrons. The summed E-state index contributed by atoms with van der Waals surface area (Å²) in [6.45, 7) is 0.284. The number of aromatic nitrogens is 1. The molecule has 0 saturated heterocycles. The van der Waals surface area contributed by atoms with Crippen molar-refractivity contribution in [3.8, 4) is 0 Å². The smallest absolute Gasteiger partial charge is 0.319 e. The van der Waals surface area contributed by atoms with Gasteiger partial charge in [-0.2, -0.15) is 0 Å². The average Bonchev–Trinajstić information content (AvgIpc) is 2.93. The van der Waals surface area contributed by atoms with E-state index in [9.17, 15) is 20.0 Å². The Kier molecular flexibility index (Phi) is 4.74. The quantitative estimate of drug-likeness (QED) is 0.491. The van der Waals surface area contributed by atoms with Gasteiger partial charge in [-0.15, -0.1) is 0 Å². The van der Waals surface area contributed by atoms with Crippen LogP contribution in [0.4, 0.5) is 5.69 Å². The van der Waals surface area contributed by atoms with E-state index in [0.29, 0.717) is 6.54 Å². The van der Waals surface area contributed by atoms with Gasteiger partial charge in [0.15, 0.2) is 0 Å². The molecule has 21 heavy (non-hydrogen) atoms. The van der Waals surface area contributed by atoms with Gasteiger partial charge in [-0.1, -0.05) is 24.4 Å². The molecule has 0 aromatic carbocycles. The maximum Gasteiger partial charge on any atom is 0.319 e. The van der Waals surface area contributed by atoms with Crippen molar-refractivity contribution in [2.24, 2.45) is 5.41 Å². The Morgan fingerprint density at radius 2 is 2.19 bits per heavy atom. The van der Waals surface area contributed by atoms with Crippen molar-refractivity contribution in [1.82, 2.24) is 10.3 Å². The van der Waals surface area contributed by atoms with E-state index in [4.69, 9.17) is 11.6 Å². The first-order valence-electron chi connectivity index (χ1n) is 6.67. The van der Waals surface area contributed by atoms with E-state index in [-0.39, 0.29) is 22.7 Å². The number of hydrogen-bond acceptors (Lipinski definition) is 5. The fourth-order valence-electron chi connectivity index (χ4n) is 2.66. The summed E-state index contributed by atoms with van der Waals surface area (Å²) in [5, 5.41) is 22.8. The highest BCUT2D eigenvalue weighted by Crippen LogP contribution is 2.37. The van der Waals surface area contributed by atoms with Crippen molar-refractivity contribution in [2.45, 2.75) is 25.7 Å². The lowest BCUT2D eigenvalue weighted by Gasteiger charge is -2.26. The summed E-state index contributed by atoms with van der Waals surface area (Å²) in [6.07, 6.45) is 4.95. The van der Waals surface area contributed by atoms with E-state index in [1.54, 1.807) is 0 Å². The second-order valence-corrected chi connectivity index (χ2v) is 5.66. The van der Waals surface area contributed by atoms with Gasteiger partial charge in [0.1, 0.15) is 5.56 Å². The number of aliphatic hydroxyl groups is 1. The Morgan fingerprint density at radius 3 is 2.76 bits per heavy atom. The van der Waals surface area contributed by atoms with Crippen LogP contribution in [-0.4, -0.2) is 34.1 Å². The third kappa shape index (κ3) is 3.30. The molecule has 0 aliphatic heterocycles. The van der Waals surface area contributed by atoms with Gasteiger partial charge in [0.2, 0.25) is 5.15 Å². The summed E-state index contributed by atoms with van der Waals surface area (Å²) in [6, 6.07) is 1.26. The molecule has 7 nitrogen and oxygen atoms in total. The minimum absolute atomic E-state index is 0.00747. The number of hydrogen-bond donors (Lipinski definition) is 2. The zero-order chi connectivity index (χ0) is 15.5. The zero-order valence-electron chi connectivity index (χ0n) is 11.3. The number of nitrogens with zero attached hydrogens (tertiary/aromatic N) is 2. The zero-order valence-corrected chi connectivity index (χ0v) is 12.1. The predicted octanol–water partition coefficient (Wildman–Crippen LogP) is 1.93. The van der Waals surface area contributed by atoms with E-state index >= 15 is 0 Å². The molecule has 1 amide bonds. The summed E-state index contributed by atoms with van der Waals surface area (Å²) in [5.74, 6) is -0.578. The number of pyridine rings is 1. The maximum absolute atomic E-state index is 12.2. The number of carbonyl (C=O) groups is 1. The van der Waals surface area contributed by atoms with Gasteiger partial charge in [-0.25, -0.2) is 4.98 Å². The highest BCUT2D eigenvalue weighted by atomic mass is 35.5. The van der Waals surface area contributed by atoms with Crippen LogP contribution in [0.2, 0.25) is 5.15 Å². The van der Waals surface area contributed by atoms with E-state index < -0.39 is 16.5 Å². The molecular weight excluding hydrogens is 298 g/mol. The molecule has 2 rings (SSSR count). The average molecular weight is 314 g/mol. The predicted molar refractivity (Wildman–Crippen MR) is 76.2 cm³/mol. The first-order valence-corrected chi connectivity index (χ1v) is 7.05. The van der Waals surface area contributed by atoms with Gasteiger partial charge in [0.05, 0.1) is 11.5 Å². The van der Waals surface area contributed by atoms with E-state index in [1.807, 2.05) is 0 Å². The van der Waals surface area contributed by atoms with Crippen LogP contribution in [0.1, 0.15) is 36.0 Å². The monoisotopic (exact) mass is 313 g/mol. The molecule has 1 aromatic heterocycles. The molecule has 0 unspecified atom stereocenters. The number of halogens is 1. The molecule has 1 aliphatic rings. The molecule has 8 heteroatoms. The van der Waals surface area contributed by atoms with Gasteiger partial charge in [0.25, 0.3) is 5.91 Å². The van der Waals surface area contributed by atoms with E-state index in [1.165, 1.54) is 12.3 Å². The van der Waals surface area contributed by atoms with Crippen LogP contribution in [0, 0.1) is 15.5 Å². The maximum atomic E-state index is 12.2. The van der Waals surface area contributed by atoms with Gasteiger partial charge in [-0.3, -0.25) is 14.9 Å². The van der Waals surface area contributed by atoms with Crippen LogP contribution in [0.15, 0.2) is 12.3 Å². The summed E-state index contributed by atoms with van der Waals surface area (Å²) < 4.78 is 0. The molecule has 1 aromatic rings. The molecule has 1 saturated carbocycles. The van der Waals surface area contributed by atoms with Crippen molar-refractivity contribution in [1.29, 1.82) is 0 Å². The topological polar surface area (TPSA) is 105 Å². The SMILES string of the molecule is O=C(NCC1(CO)CCCC1)c1ccnc(Cl)c1[N+](=O)[O-]. The molecule has 0 spiro atoms. The largest absolute Gasteiger partial charge is 0.396 e. The van der Waals surface area contributed by atoms with Crippen LogP contribution in [0.25, 0.3) is 0 Å². The molecule has 0 atom stereocenters. The lowest BCUT2D eigenvalue weighted by molar-refractivity contribution is -0.385. The third-order valence-corrected chi connectivity index (χ3v) is 4.21. The minimum atomic E-state index is -0.721. The highest BCUT2D eigenvalue weighted by molar-refractivity contribution is 6.32. The van der Waals surface area contributed by atoms with Crippen LogP contribution >= 0.6 is 11.6 Å². The molecule has 1 fully saturated rings. The minimum Gasteiger partial charge on any atom is -0.396 e. The number of rotatable bonds is 5. The fraction of sp³-hybridized carbons (Fsp3) is 0.538. The number of nitrogens with one attached hydrogen (secondary N) is 1. The van der Waals surface area contributed by atoms with Crippen molar-refractivity contribution < 1.29 is 14.8 Å². The number of aliphatic hydroxyl groups excluding tert-OH is 1. The molecule has 1 heterocycles. The first-order chi connectivity index (χ1) is 9.99. The summed E-state index contributed by atoms with van der Waals surface area (Å²) >= 11 is 5.68. The number of carbonyl (C=O) groups excluding carboxylic acids is 1. The lowest BCUT2D eigenvalue weighted by Crippen LogP contribution is -2.38. The molecule has 2 N–H and O–H groups in total. The Balaban J connectivity index is 2.14. The Hall–Kier alpha value is -1.73. The molecule has 0 bridgehead atoms. The Labute approximate surface area is 126 Å². The van der Waals surface area contributed by atoms with Crippen molar-refractivity contribution in [3.63, 3.8) is 0 Å². The molecular formula is C13H16ClN3O4. The van der Waals surface area contributed by atoms with Crippen LogP contribution < -0.4 is 5.32 Å². The van der Waals surface area contributed by atoms with Crippen LogP contribution in [0.3, 0.4) is 0 Å². The first kappa shape index (κ1) is 15.7. The van der Waals surface area contributed by atoms with Crippen molar-refractivity contribution in [3.05, 3.63) is 33.1 Å². The third-order valence-electron chi connectivity index (χ3n) is 3.93. The lowest BCUT2D eigenvalue weighted by atomic mass is 9.87. The van der Waals surface area contributed by atoms with E-state index in [0.717, 1.165) is 25.7 Å². The van der Waals surface area contributed by atoms with Crippen molar-refractivity contribution in [2.75, 3.05) is 13.2 Å². The van der Waals surface area contributed by atoms with Gasteiger partial charge in [-0.05, 0) is 18.9 Å². The second-order valence-electron chi connectivity index (χ2n) is 5.30. The summed E-state index contributed by atoms with van der Waals surface area (Å²) in [4.78, 5) is 26.0. The van der Waals surface area contributed by atoms with Crippen LogP contribution in [0.5, 0.6) is 0 Å². The molecule has 114 valence electrons. The van der Waals surface area contributed by atoms with Crippen molar-refractivity contribution >= 4 is 23.2 Å². The van der Waals surface area contributed by atoms with Gasteiger partial charge >= 0.3 is 5.69 Å². The Bertz CT molecular complexity index is 558. The molecule has 1 aliphatic carbocycles. The fourth-order valence-corrected chi connectivity index (χ4v) is 2.89. The van der Waals surface area contributed by atoms with Gasteiger partial charge in [0, 0.05) is 18.2 Å². The number of amides is 1. The van der Waals surface area contributed by atoms with Gasteiger partial charge < -0.3 is 10.4 Å². The van der Waals surface area contributed by atoms with Crippen LogP contribution in [-0.2, 0) is 0 Å².